The number of benzene rings is 1. The number of ether oxygens (including phenoxy) is 1. The van der Waals surface area contributed by atoms with Crippen molar-refractivity contribution in [3.8, 4) is 0 Å². The lowest BCUT2D eigenvalue weighted by Crippen LogP contribution is -2.51. The molecule has 1 saturated heterocycles. The molecule has 2 N–H and O–H groups in total. The fourth-order valence-corrected chi connectivity index (χ4v) is 2.55. The van der Waals surface area contributed by atoms with Gasteiger partial charge < -0.3 is 15.2 Å². The number of carbonyl (C=O) groups is 1. The first-order valence-electron chi connectivity index (χ1n) is 7.75. The van der Waals surface area contributed by atoms with Crippen LogP contribution in [0.1, 0.15) is 28.4 Å². The largest absolute Gasteiger partial charge is 0.387 e. The van der Waals surface area contributed by atoms with E-state index in [2.05, 4.69) is 10.2 Å². The van der Waals surface area contributed by atoms with E-state index in [4.69, 9.17) is 4.74 Å². The quantitative estimate of drug-likeness (QED) is 0.856. The molecule has 1 unspecified atom stereocenters. The van der Waals surface area contributed by atoms with Crippen LogP contribution in [0.5, 0.6) is 0 Å². The molecule has 0 saturated carbocycles. The van der Waals surface area contributed by atoms with Crippen molar-refractivity contribution in [1.82, 2.24) is 10.2 Å². The number of hydrogen-bond donors (Lipinski definition) is 2. The molecule has 1 atom stereocenters. The second-order valence-electron chi connectivity index (χ2n) is 6.37. The summed E-state index contributed by atoms with van der Waals surface area (Å²) in [5.41, 5.74) is 1.93. The van der Waals surface area contributed by atoms with Crippen molar-refractivity contribution >= 4 is 5.91 Å². The molecular formula is C17H26N2O3. The van der Waals surface area contributed by atoms with Crippen molar-refractivity contribution in [2.45, 2.75) is 26.4 Å². The summed E-state index contributed by atoms with van der Waals surface area (Å²) in [6.45, 7) is 9.56. The van der Waals surface area contributed by atoms with Crippen LogP contribution in [0.3, 0.4) is 0 Å². The molecule has 0 spiro atoms. The number of rotatable bonds is 5. The highest BCUT2D eigenvalue weighted by Crippen LogP contribution is 2.11. The van der Waals surface area contributed by atoms with Crippen molar-refractivity contribution in [2.24, 2.45) is 0 Å². The van der Waals surface area contributed by atoms with Gasteiger partial charge in [0, 0.05) is 31.7 Å². The number of amides is 1. The molecule has 1 fully saturated rings. The Balaban J connectivity index is 1.87. The molecule has 5 heteroatoms. The van der Waals surface area contributed by atoms with Crippen LogP contribution < -0.4 is 5.32 Å². The second kappa shape index (κ2) is 7.22. The van der Waals surface area contributed by atoms with E-state index in [1.807, 2.05) is 32.0 Å². The van der Waals surface area contributed by atoms with Gasteiger partial charge in [-0.25, -0.2) is 0 Å². The van der Waals surface area contributed by atoms with Gasteiger partial charge in [0.2, 0.25) is 0 Å². The summed E-state index contributed by atoms with van der Waals surface area (Å²) in [5, 5.41) is 13.3. The van der Waals surface area contributed by atoms with Crippen LogP contribution in [0.15, 0.2) is 18.2 Å². The first-order chi connectivity index (χ1) is 10.4. The lowest BCUT2D eigenvalue weighted by atomic mass is 10.0. The molecule has 1 heterocycles. The Morgan fingerprint density at radius 3 is 2.64 bits per heavy atom. The molecule has 1 aliphatic heterocycles. The average molecular weight is 306 g/mol. The van der Waals surface area contributed by atoms with Crippen LogP contribution >= 0.6 is 0 Å². The number of nitrogens with zero attached hydrogens (tertiary/aromatic N) is 1. The lowest BCUT2D eigenvalue weighted by Gasteiger charge is -2.33. The lowest BCUT2D eigenvalue weighted by molar-refractivity contribution is -0.0213. The van der Waals surface area contributed by atoms with Gasteiger partial charge in [0.25, 0.3) is 5.91 Å². The van der Waals surface area contributed by atoms with E-state index < -0.39 is 5.60 Å². The zero-order chi connectivity index (χ0) is 16.2. The minimum atomic E-state index is -0.952. The maximum Gasteiger partial charge on any atom is 0.251 e. The molecular weight excluding hydrogens is 280 g/mol. The van der Waals surface area contributed by atoms with E-state index >= 15 is 0 Å². The fraction of sp³-hybridized carbons (Fsp3) is 0.588. The number of carbonyl (C=O) groups excluding carboxylic acids is 1. The minimum absolute atomic E-state index is 0.148. The highest BCUT2D eigenvalue weighted by atomic mass is 16.5. The highest BCUT2D eigenvalue weighted by Gasteiger charge is 2.26. The van der Waals surface area contributed by atoms with E-state index in [9.17, 15) is 9.90 Å². The summed E-state index contributed by atoms with van der Waals surface area (Å²) in [5.74, 6) is -0.148. The molecule has 1 aromatic carbocycles. The normalized spacial score (nSPS) is 18.7. The third kappa shape index (κ3) is 4.80. The molecule has 0 radical (unpaired) electrons. The Morgan fingerprint density at radius 1 is 1.32 bits per heavy atom. The molecule has 5 nitrogen and oxygen atoms in total. The third-order valence-corrected chi connectivity index (χ3v) is 4.07. The minimum Gasteiger partial charge on any atom is -0.387 e. The van der Waals surface area contributed by atoms with Gasteiger partial charge in [0.15, 0.2) is 0 Å². The number of hydrogen-bond acceptors (Lipinski definition) is 4. The van der Waals surface area contributed by atoms with Gasteiger partial charge >= 0.3 is 0 Å². The topological polar surface area (TPSA) is 61.8 Å². The van der Waals surface area contributed by atoms with Crippen LogP contribution in [0.2, 0.25) is 0 Å². The summed E-state index contributed by atoms with van der Waals surface area (Å²) in [6.07, 6.45) is 0. The monoisotopic (exact) mass is 306 g/mol. The molecule has 0 aromatic heterocycles. The average Bonchev–Trinajstić information content (AvgIpc) is 2.48. The number of aliphatic hydroxyl groups is 1. The number of nitrogens with one attached hydrogen (secondary N) is 1. The second-order valence-corrected chi connectivity index (χ2v) is 6.37. The van der Waals surface area contributed by atoms with Crippen molar-refractivity contribution < 1.29 is 14.6 Å². The van der Waals surface area contributed by atoms with Crippen LogP contribution in [-0.4, -0.2) is 60.9 Å². The molecule has 1 amide bonds. The van der Waals surface area contributed by atoms with Gasteiger partial charge in [0.05, 0.1) is 18.8 Å². The molecule has 22 heavy (non-hydrogen) atoms. The van der Waals surface area contributed by atoms with Crippen LogP contribution in [0.25, 0.3) is 0 Å². The Bertz CT molecular complexity index is 523. The van der Waals surface area contributed by atoms with Crippen molar-refractivity contribution in [3.63, 3.8) is 0 Å². The number of morpholine rings is 1. The zero-order valence-corrected chi connectivity index (χ0v) is 13.7. The summed E-state index contributed by atoms with van der Waals surface area (Å²) in [6, 6.07) is 5.63. The summed E-state index contributed by atoms with van der Waals surface area (Å²) >= 11 is 0. The van der Waals surface area contributed by atoms with Crippen LogP contribution in [-0.2, 0) is 4.74 Å². The molecule has 1 aromatic rings. The molecule has 0 aliphatic carbocycles. The van der Waals surface area contributed by atoms with Crippen LogP contribution in [0.4, 0.5) is 0 Å². The molecule has 0 bridgehead atoms. The molecule has 1 aliphatic rings. The van der Waals surface area contributed by atoms with Gasteiger partial charge in [0.1, 0.15) is 0 Å². The van der Waals surface area contributed by atoms with E-state index in [-0.39, 0.29) is 12.5 Å². The summed E-state index contributed by atoms with van der Waals surface area (Å²) in [7, 11) is 0. The van der Waals surface area contributed by atoms with Crippen molar-refractivity contribution in [3.05, 3.63) is 34.9 Å². The predicted octanol–water partition coefficient (Wildman–Crippen LogP) is 1.12. The maximum absolute atomic E-state index is 12.2. The van der Waals surface area contributed by atoms with E-state index in [0.717, 1.165) is 24.2 Å². The van der Waals surface area contributed by atoms with Gasteiger partial charge in [-0.1, -0.05) is 6.07 Å². The number of aryl methyl sites for hydroxylation is 2. The van der Waals surface area contributed by atoms with Gasteiger partial charge in [-0.15, -0.1) is 0 Å². The third-order valence-electron chi connectivity index (χ3n) is 4.07. The standard InChI is InChI=1S/C17H26N2O3/c1-13-4-5-15(10-14(13)2)16(20)18-11-17(3,21)12-19-6-8-22-9-7-19/h4-5,10,21H,6-9,11-12H2,1-3H3,(H,18,20). The first kappa shape index (κ1) is 16.9. The molecule has 122 valence electrons. The van der Waals surface area contributed by atoms with Crippen molar-refractivity contribution in [2.75, 3.05) is 39.4 Å². The Morgan fingerprint density at radius 2 is 2.00 bits per heavy atom. The van der Waals surface area contributed by atoms with Gasteiger partial charge in [-0.3, -0.25) is 9.69 Å². The first-order valence-corrected chi connectivity index (χ1v) is 7.75. The zero-order valence-electron chi connectivity index (χ0n) is 13.7. The Hall–Kier alpha value is -1.43. The highest BCUT2D eigenvalue weighted by molar-refractivity contribution is 5.94. The SMILES string of the molecule is Cc1ccc(C(=O)NCC(C)(O)CN2CCOCC2)cc1C. The van der Waals surface area contributed by atoms with Crippen molar-refractivity contribution in [1.29, 1.82) is 0 Å². The molecule has 2 rings (SSSR count). The number of β-amino-alcohol motifs (C(OH)–C–C–N with tert-alkyl or cyclic N) is 1. The van der Waals surface area contributed by atoms with Gasteiger partial charge in [-0.05, 0) is 44.0 Å². The summed E-state index contributed by atoms with van der Waals surface area (Å²) < 4.78 is 5.30. The smallest absolute Gasteiger partial charge is 0.251 e. The van der Waals surface area contributed by atoms with Gasteiger partial charge in [-0.2, -0.15) is 0 Å². The van der Waals surface area contributed by atoms with E-state index in [1.54, 1.807) is 6.92 Å². The maximum atomic E-state index is 12.2. The van der Waals surface area contributed by atoms with E-state index in [1.165, 1.54) is 0 Å². The van der Waals surface area contributed by atoms with E-state index in [0.29, 0.717) is 25.3 Å². The Kier molecular flexibility index (Phi) is 5.56. The fourth-order valence-electron chi connectivity index (χ4n) is 2.55. The predicted molar refractivity (Wildman–Crippen MR) is 86.1 cm³/mol. The van der Waals surface area contributed by atoms with Crippen LogP contribution in [0, 0.1) is 13.8 Å². The Labute approximate surface area is 132 Å². The summed E-state index contributed by atoms with van der Waals surface area (Å²) in [4.78, 5) is 14.3.